The molecule has 0 amide bonds. The number of hydrogen-bond donors (Lipinski definition) is 0. The number of hydrogen-bond acceptors (Lipinski definition) is 4. The Morgan fingerprint density at radius 1 is 1.18 bits per heavy atom. The van der Waals surface area contributed by atoms with Gasteiger partial charge in [-0.1, -0.05) is 0 Å². The first-order valence-electron chi connectivity index (χ1n) is 5.55. The highest BCUT2D eigenvalue weighted by atomic mass is 16.5. The van der Waals surface area contributed by atoms with E-state index in [9.17, 15) is 9.59 Å². The lowest BCUT2D eigenvalue weighted by molar-refractivity contribution is -0.137. The molecule has 0 aromatic heterocycles. The monoisotopic (exact) mass is 236 g/mol. The highest BCUT2D eigenvalue weighted by Crippen LogP contribution is 2.18. The van der Waals surface area contributed by atoms with Crippen LogP contribution in [0.25, 0.3) is 0 Å². The van der Waals surface area contributed by atoms with E-state index in [0.29, 0.717) is 23.5 Å². The molecule has 4 heteroatoms. The lowest BCUT2D eigenvalue weighted by atomic mass is 10.0. The van der Waals surface area contributed by atoms with Crippen LogP contribution in [0.15, 0.2) is 18.2 Å². The standard InChI is InChI=1S/C13H16O4/c1-4-16-10-6-7-11(9(3)8-10)12(14)13(15)17-5-2/h6-8H,4-5H2,1-3H3. The molecule has 17 heavy (non-hydrogen) atoms. The predicted molar refractivity (Wildman–Crippen MR) is 63.3 cm³/mol. The SMILES string of the molecule is CCOC(=O)C(=O)c1ccc(OCC)cc1C. The Hall–Kier alpha value is -1.84. The maximum absolute atomic E-state index is 11.7. The van der Waals surface area contributed by atoms with Gasteiger partial charge in [-0.25, -0.2) is 4.79 Å². The maximum atomic E-state index is 11.7. The molecular weight excluding hydrogens is 220 g/mol. The molecule has 1 aromatic rings. The average molecular weight is 236 g/mol. The van der Waals surface area contributed by atoms with Crippen LogP contribution in [0.3, 0.4) is 0 Å². The van der Waals surface area contributed by atoms with Crippen LogP contribution in [0.2, 0.25) is 0 Å². The van der Waals surface area contributed by atoms with Crippen molar-refractivity contribution in [1.82, 2.24) is 0 Å². The lowest BCUT2D eigenvalue weighted by Crippen LogP contribution is -2.18. The zero-order chi connectivity index (χ0) is 12.8. The molecule has 0 fully saturated rings. The van der Waals surface area contributed by atoms with Gasteiger partial charge < -0.3 is 9.47 Å². The van der Waals surface area contributed by atoms with Crippen LogP contribution >= 0.6 is 0 Å². The first-order valence-corrected chi connectivity index (χ1v) is 5.55. The molecule has 0 unspecified atom stereocenters. The normalized spacial score (nSPS) is 9.82. The third-order valence-corrected chi connectivity index (χ3v) is 2.21. The minimum atomic E-state index is -0.820. The molecule has 1 aromatic carbocycles. The zero-order valence-corrected chi connectivity index (χ0v) is 10.3. The van der Waals surface area contributed by atoms with Gasteiger partial charge in [0.1, 0.15) is 5.75 Å². The summed E-state index contributed by atoms with van der Waals surface area (Å²) < 4.78 is 9.97. The van der Waals surface area contributed by atoms with Gasteiger partial charge in [0.05, 0.1) is 13.2 Å². The lowest BCUT2D eigenvalue weighted by Gasteiger charge is -2.07. The Morgan fingerprint density at radius 2 is 1.88 bits per heavy atom. The molecule has 4 nitrogen and oxygen atoms in total. The van der Waals surface area contributed by atoms with E-state index in [1.165, 1.54) is 0 Å². The minimum absolute atomic E-state index is 0.195. The summed E-state index contributed by atoms with van der Waals surface area (Å²) in [5.74, 6) is -0.752. The highest BCUT2D eigenvalue weighted by Gasteiger charge is 2.19. The number of aryl methyl sites for hydroxylation is 1. The second-order valence-electron chi connectivity index (χ2n) is 3.46. The summed E-state index contributed by atoms with van der Waals surface area (Å²) in [4.78, 5) is 23.0. The van der Waals surface area contributed by atoms with Crippen LogP contribution in [-0.2, 0) is 9.53 Å². The largest absolute Gasteiger partial charge is 0.494 e. The number of carbonyl (C=O) groups excluding carboxylic acids is 2. The molecule has 0 aliphatic heterocycles. The van der Waals surface area contributed by atoms with Crippen molar-refractivity contribution in [3.05, 3.63) is 29.3 Å². The number of benzene rings is 1. The number of Topliss-reactive ketones (excluding diaryl/α,β-unsaturated/α-hetero) is 1. The van der Waals surface area contributed by atoms with E-state index in [0.717, 1.165) is 0 Å². The number of rotatable bonds is 5. The Morgan fingerprint density at radius 3 is 2.41 bits per heavy atom. The quantitative estimate of drug-likeness (QED) is 0.446. The maximum Gasteiger partial charge on any atom is 0.379 e. The van der Waals surface area contributed by atoms with Crippen LogP contribution in [-0.4, -0.2) is 25.0 Å². The Kier molecular flexibility index (Phi) is 4.69. The third kappa shape index (κ3) is 3.31. The van der Waals surface area contributed by atoms with Crippen LogP contribution in [0.4, 0.5) is 0 Å². The molecule has 0 bridgehead atoms. The van der Waals surface area contributed by atoms with E-state index in [1.807, 2.05) is 6.92 Å². The van der Waals surface area contributed by atoms with Crippen LogP contribution in [0.5, 0.6) is 5.75 Å². The summed E-state index contributed by atoms with van der Waals surface area (Å²) in [7, 11) is 0. The van der Waals surface area contributed by atoms with Gasteiger partial charge in [0.25, 0.3) is 5.78 Å². The predicted octanol–water partition coefficient (Wildman–Crippen LogP) is 2.14. The van der Waals surface area contributed by atoms with Crippen molar-refractivity contribution in [1.29, 1.82) is 0 Å². The molecule has 0 heterocycles. The van der Waals surface area contributed by atoms with Gasteiger partial charge in [0.15, 0.2) is 0 Å². The van der Waals surface area contributed by atoms with Gasteiger partial charge in [0.2, 0.25) is 0 Å². The van der Waals surface area contributed by atoms with Gasteiger partial charge >= 0.3 is 5.97 Å². The van der Waals surface area contributed by atoms with Crippen molar-refractivity contribution in [2.24, 2.45) is 0 Å². The van der Waals surface area contributed by atoms with E-state index >= 15 is 0 Å². The fourth-order valence-corrected chi connectivity index (χ4v) is 1.45. The Balaban J connectivity index is 2.92. The molecule has 0 atom stereocenters. The zero-order valence-electron chi connectivity index (χ0n) is 10.3. The molecule has 0 saturated heterocycles. The molecular formula is C13H16O4. The van der Waals surface area contributed by atoms with E-state index in [4.69, 9.17) is 4.74 Å². The van der Waals surface area contributed by atoms with Crippen molar-refractivity contribution in [2.75, 3.05) is 13.2 Å². The van der Waals surface area contributed by atoms with Crippen molar-refractivity contribution in [3.63, 3.8) is 0 Å². The number of esters is 1. The fourth-order valence-electron chi connectivity index (χ4n) is 1.45. The van der Waals surface area contributed by atoms with Crippen LogP contribution in [0.1, 0.15) is 29.8 Å². The second kappa shape index (κ2) is 6.03. The topological polar surface area (TPSA) is 52.6 Å². The average Bonchev–Trinajstić information content (AvgIpc) is 2.29. The molecule has 0 aliphatic rings. The van der Waals surface area contributed by atoms with Gasteiger partial charge in [-0.05, 0) is 44.5 Å². The molecule has 92 valence electrons. The summed E-state index contributed by atoms with van der Waals surface area (Å²) in [6.45, 7) is 6.06. The first kappa shape index (κ1) is 13.2. The second-order valence-corrected chi connectivity index (χ2v) is 3.46. The number of ether oxygens (including phenoxy) is 2. The summed E-state index contributed by atoms with van der Waals surface area (Å²) in [5.41, 5.74) is 1.06. The van der Waals surface area contributed by atoms with Gasteiger partial charge in [0, 0.05) is 5.56 Å². The summed E-state index contributed by atoms with van der Waals surface area (Å²) in [5, 5.41) is 0. The van der Waals surface area contributed by atoms with E-state index in [2.05, 4.69) is 4.74 Å². The van der Waals surface area contributed by atoms with Gasteiger partial charge in [-0.2, -0.15) is 0 Å². The summed E-state index contributed by atoms with van der Waals surface area (Å²) in [6, 6.07) is 4.98. The van der Waals surface area contributed by atoms with E-state index < -0.39 is 11.8 Å². The summed E-state index contributed by atoms with van der Waals surface area (Å²) >= 11 is 0. The minimum Gasteiger partial charge on any atom is -0.494 e. The Bertz CT molecular complexity index is 423. The third-order valence-electron chi connectivity index (χ3n) is 2.21. The highest BCUT2D eigenvalue weighted by molar-refractivity contribution is 6.41. The Labute approximate surface area is 101 Å². The van der Waals surface area contributed by atoms with Gasteiger partial charge in [-0.3, -0.25) is 4.79 Å². The molecule has 0 spiro atoms. The van der Waals surface area contributed by atoms with Crippen LogP contribution < -0.4 is 4.74 Å². The first-order chi connectivity index (χ1) is 8.10. The van der Waals surface area contributed by atoms with Crippen molar-refractivity contribution in [3.8, 4) is 5.75 Å². The van der Waals surface area contributed by atoms with Crippen LogP contribution in [0, 0.1) is 6.92 Å². The molecule has 1 rings (SSSR count). The van der Waals surface area contributed by atoms with E-state index in [1.54, 1.807) is 32.0 Å². The van der Waals surface area contributed by atoms with Gasteiger partial charge in [-0.15, -0.1) is 0 Å². The molecule has 0 saturated carbocycles. The molecule has 0 N–H and O–H groups in total. The number of carbonyl (C=O) groups is 2. The van der Waals surface area contributed by atoms with Crippen molar-refractivity contribution < 1.29 is 19.1 Å². The number of ketones is 1. The molecule has 0 radical (unpaired) electrons. The molecule has 0 aliphatic carbocycles. The smallest absolute Gasteiger partial charge is 0.379 e. The van der Waals surface area contributed by atoms with E-state index in [-0.39, 0.29) is 6.61 Å². The van der Waals surface area contributed by atoms with Crippen molar-refractivity contribution in [2.45, 2.75) is 20.8 Å². The van der Waals surface area contributed by atoms with Crippen molar-refractivity contribution >= 4 is 11.8 Å². The summed E-state index contributed by atoms with van der Waals surface area (Å²) in [6.07, 6.45) is 0. The fraction of sp³-hybridized carbons (Fsp3) is 0.385.